The predicted molar refractivity (Wildman–Crippen MR) is 97.1 cm³/mol. The zero-order valence-corrected chi connectivity index (χ0v) is 15.0. The summed E-state index contributed by atoms with van der Waals surface area (Å²) in [4.78, 5) is 24.1. The van der Waals surface area contributed by atoms with E-state index in [1.165, 1.54) is 6.07 Å². The summed E-state index contributed by atoms with van der Waals surface area (Å²) in [7, 11) is -1.03. The molecule has 0 aromatic heterocycles. The molecule has 0 bridgehead atoms. The first kappa shape index (κ1) is 18.9. The Labute approximate surface area is 149 Å². The Kier molecular flexibility index (Phi) is 6.47. The lowest BCUT2D eigenvalue weighted by Gasteiger charge is -2.15. The zero-order chi connectivity index (χ0) is 18.4. The van der Waals surface area contributed by atoms with Crippen molar-refractivity contribution in [2.45, 2.75) is 30.7 Å². The number of carbonyl (C=O) groups excluding carboxylic acids is 1. The fraction of sp³-hybridized carbons (Fsp3) is 0.263. The molecule has 2 N–H and O–H groups in total. The molecular formula is C19H21NO4S. The molecule has 0 heterocycles. The summed E-state index contributed by atoms with van der Waals surface area (Å²) in [6, 6.07) is 13.8. The number of nitrogens with one attached hydrogen (secondary N) is 1. The molecular weight excluding hydrogens is 338 g/mol. The van der Waals surface area contributed by atoms with Crippen molar-refractivity contribution < 1.29 is 18.9 Å². The molecule has 6 heteroatoms. The van der Waals surface area contributed by atoms with Crippen molar-refractivity contribution in [2.24, 2.45) is 0 Å². The summed E-state index contributed by atoms with van der Waals surface area (Å²) in [6.45, 7) is 1.88. The van der Waals surface area contributed by atoms with E-state index in [2.05, 4.69) is 5.32 Å². The predicted octanol–water partition coefficient (Wildman–Crippen LogP) is 2.93. The molecule has 25 heavy (non-hydrogen) atoms. The molecule has 0 radical (unpaired) electrons. The average Bonchev–Trinajstić information content (AvgIpc) is 2.60. The van der Waals surface area contributed by atoms with E-state index in [1.54, 1.807) is 36.6 Å². The number of rotatable bonds is 7. The number of carboxylic acids is 1. The van der Waals surface area contributed by atoms with Crippen LogP contribution in [0.2, 0.25) is 0 Å². The van der Waals surface area contributed by atoms with Gasteiger partial charge in [0.2, 0.25) is 5.91 Å². The van der Waals surface area contributed by atoms with Crippen molar-refractivity contribution in [3.05, 3.63) is 65.2 Å². The monoisotopic (exact) mass is 359 g/mol. The summed E-state index contributed by atoms with van der Waals surface area (Å²) >= 11 is 0. The minimum atomic E-state index is -1.03. The van der Waals surface area contributed by atoms with Crippen molar-refractivity contribution in [3.8, 4) is 0 Å². The molecule has 2 rings (SSSR count). The normalized spacial score (nSPS) is 13.0. The van der Waals surface area contributed by atoms with E-state index >= 15 is 0 Å². The molecule has 5 nitrogen and oxygen atoms in total. The summed E-state index contributed by atoms with van der Waals surface area (Å²) in [5.74, 6) is -1.13. The summed E-state index contributed by atoms with van der Waals surface area (Å²) < 4.78 is 11.4. The van der Waals surface area contributed by atoms with Gasteiger partial charge in [-0.15, -0.1) is 0 Å². The zero-order valence-electron chi connectivity index (χ0n) is 14.2. The molecule has 0 aliphatic carbocycles. The van der Waals surface area contributed by atoms with Gasteiger partial charge in [-0.2, -0.15) is 0 Å². The van der Waals surface area contributed by atoms with Crippen LogP contribution in [-0.2, 0) is 22.0 Å². The molecule has 2 unspecified atom stereocenters. The number of hydrogen-bond acceptors (Lipinski definition) is 3. The second-order valence-electron chi connectivity index (χ2n) is 5.77. The maximum Gasteiger partial charge on any atom is 0.335 e. The fourth-order valence-electron chi connectivity index (χ4n) is 2.54. The van der Waals surface area contributed by atoms with Crippen molar-refractivity contribution >= 4 is 22.7 Å². The highest BCUT2D eigenvalue weighted by atomic mass is 32.2. The average molecular weight is 359 g/mol. The van der Waals surface area contributed by atoms with Gasteiger partial charge in [-0.3, -0.25) is 9.00 Å². The van der Waals surface area contributed by atoms with E-state index in [0.29, 0.717) is 12.0 Å². The third-order valence-corrected chi connectivity index (χ3v) is 4.89. The van der Waals surface area contributed by atoms with Gasteiger partial charge in [0.15, 0.2) is 0 Å². The molecule has 0 fully saturated rings. The number of carbonyl (C=O) groups is 2. The number of carboxylic acid groups (broad SMARTS) is 1. The van der Waals surface area contributed by atoms with E-state index in [-0.39, 0.29) is 23.9 Å². The van der Waals surface area contributed by atoms with Gasteiger partial charge in [-0.1, -0.05) is 30.3 Å². The summed E-state index contributed by atoms with van der Waals surface area (Å²) in [6.07, 6.45) is 2.20. The Morgan fingerprint density at radius 1 is 1.12 bits per heavy atom. The smallest absolute Gasteiger partial charge is 0.335 e. The van der Waals surface area contributed by atoms with Gasteiger partial charge < -0.3 is 10.4 Å². The van der Waals surface area contributed by atoms with Crippen LogP contribution in [-0.4, -0.2) is 27.4 Å². The standard InChI is InChI=1S/C19H21NO4S/c1-13(14-7-10-16(11-8-14)25(2)24)20-18(21)12-9-15-5-3-4-6-17(15)19(22)23/h3-8,10-11,13H,9,12H2,1-2H3,(H,20,21)(H,22,23). The van der Waals surface area contributed by atoms with Gasteiger partial charge in [0.25, 0.3) is 0 Å². The first-order valence-corrected chi connectivity index (χ1v) is 9.48. The second kappa shape index (κ2) is 8.58. The van der Waals surface area contributed by atoms with Crippen molar-refractivity contribution in [2.75, 3.05) is 6.26 Å². The van der Waals surface area contributed by atoms with Gasteiger partial charge in [0, 0.05) is 28.4 Å². The molecule has 2 aromatic carbocycles. The highest BCUT2D eigenvalue weighted by molar-refractivity contribution is 7.84. The van der Waals surface area contributed by atoms with Gasteiger partial charge >= 0.3 is 5.97 Å². The topological polar surface area (TPSA) is 83.5 Å². The van der Waals surface area contributed by atoms with Gasteiger partial charge in [0.05, 0.1) is 11.6 Å². The Morgan fingerprint density at radius 2 is 1.76 bits per heavy atom. The molecule has 0 saturated carbocycles. The van der Waals surface area contributed by atoms with Crippen LogP contribution in [0.1, 0.15) is 40.9 Å². The van der Waals surface area contributed by atoms with E-state index in [4.69, 9.17) is 5.11 Å². The van der Waals surface area contributed by atoms with E-state index < -0.39 is 16.8 Å². The number of aromatic carboxylic acids is 1. The minimum Gasteiger partial charge on any atom is -0.478 e. The quantitative estimate of drug-likeness (QED) is 0.796. The van der Waals surface area contributed by atoms with Crippen molar-refractivity contribution in [1.82, 2.24) is 5.32 Å². The summed E-state index contributed by atoms with van der Waals surface area (Å²) in [5, 5.41) is 12.1. The maximum absolute atomic E-state index is 12.1. The molecule has 2 atom stereocenters. The van der Waals surface area contributed by atoms with Crippen LogP contribution in [0.4, 0.5) is 0 Å². The van der Waals surface area contributed by atoms with Crippen molar-refractivity contribution in [1.29, 1.82) is 0 Å². The Balaban J connectivity index is 1.94. The lowest BCUT2D eigenvalue weighted by molar-refractivity contribution is -0.121. The van der Waals surface area contributed by atoms with Crippen LogP contribution >= 0.6 is 0 Å². The highest BCUT2D eigenvalue weighted by Gasteiger charge is 2.13. The number of amides is 1. The fourth-order valence-corrected chi connectivity index (χ4v) is 3.06. The molecule has 0 aliphatic heterocycles. The van der Waals surface area contributed by atoms with E-state index in [0.717, 1.165) is 10.5 Å². The molecule has 0 spiro atoms. The largest absolute Gasteiger partial charge is 0.478 e. The van der Waals surface area contributed by atoms with Crippen LogP contribution in [0.3, 0.4) is 0 Å². The third-order valence-electron chi connectivity index (χ3n) is 3.96. The number of aryl methyl sites for hydroxylation is 1. The Bertz CT molecular complexity index is 786. The van der Waals surface area contributed by atoms with Crippen LogP contribution in [0, 0.1) is 0 Å². The Hall–Kier alpha value is -2.47. The molecule has 0 saturated heterocycles. The summed E-state index contributed by atoms with van der Waals surface area (Å²) in [5.41, 5.74) is 1.80. The number of hydrogen-bond donors (Lipinski definition) is 2. The minimum absolute atomic E-state index is 0.143. The van der Waals surface area contributed by atoms with E-state index in [1.807, 2.05) is 19.1 Å². The van der Waals surface area contributed by atoms with Gasteiger partial charge in [0.1, 0.15) is 0 Å². The van der Waals surface area contributed by atoms with Crippen LogP contribution < -0.4 is 5.32 Å². The maximum atomic E-state index is 12.1. The third kappa shape index (κ3) is 5.26. The second-order valence-corrected chi connectivity index (χ2v) is 7.15. The molecule has 2 aromatic rings. The first-order valence-electron chi connectivity index (χ1n) is 7.92. The number of benzene rings is 2. The first-order chi connectivity index (χ1) is 11.9. The Morgan fingerprint density at radius 3 is 2.36 bits per heavy atom. The lowest BCUT2D eigenvalue weighted by Crippen LogP contribution is -2.27. The molecule has 1 amide bonds. The molecule has 132 valence electrons. The van der Waals surface area contributed by atoms with Crippen molar-refractivity contribution in [3.63, 3.8) is 0 Å². The lowest BCUT2D eigenvalue weighted by atomic mass is 10.0. The van der Waals surface area contributed by atoms with Crippen LogP contribution in [0.15, 0.2) is 53.4 Å². The highest BCUT2D eigenvalue weighted by Crippen LogP contribution is 2.16. The SMILES string of the molecule is CC(NC(=O)CCc1ccccc1C(=O)O)c1ccc(S(C)=O)cc1. The van der Waals surface area contributed by atoms with E-state index in [9.17, 15) is 13.8 Å². The van der Waals surface area contributed by atoms with Crippen LogP contribution in [0.5, 0.6) is 0 Å². The molecule has 0 aliphatic rings. The van der Waals surface area contributed by atoms with Crippen LogP contribution in [0.25, 0.3) is 0 Å². The van der Waals surface area contributed by atoms with Gasteiger partial charge in [-0.25, -0.2) is 4.79 Å². The van der Waals surface area contributed by atoms with Gasteiger partial charge in [-0.05, 0) is 42.7 Å².